The minimum atomic E-state index is -4.08. The summed E-state index contributed by atoms with van der Waals surface area (Å²) in [6, 6.07) is 9.00. The number of rotatable bonds is 5. The molecule has 0 amide bonds. The van der Waals surface area contributed by atoms with Gasteiger partial charge >= 0.3 is 6.18 Å². The molecular weight excluding hydrogens is 241 g/mol. The molecule has 18 heavy (non-hydrogen) atoms. The van der Waals surface area contributed by atoms with Gasteiger partial charge in [-0.25, -0.2) is 0 Å². The number of halogens is 3. The van der Waals surface area contributed by atoms with Crippen LogP contribution in [0.5, 0.6) is 0 Å². The molecule has 1 unspecified atom stereocenters. The summed E-state index contributed by atoms with van der Waals surface area (Å²) in [5, 5.41) is 11.7. The van der Waals surface area contributed by atoms with Crippen LogP contribution in [0.15, 0.2) is 24.3 Å². The van der Waals surface area contributed by atoms with Gasteiger partial charge in [-0.15, -0.1) is 0 Å². The zero-order valence-electron chi connectivity index (χ0n) is 10.1. The Labute approximate surface area is 104 Å². The molecule has 2 nitrogen and oxygen atoms in total. The number of hydrogen-bond donors (Lipinski definition) is 1. The lowest BCUT2D eigenvalue weighted by molar-refractivity contribution is -0.135. The maximum absolute atomic E-state index is 11.9. The highest BCUT2D eigenvalue weighted by Gasteiger charge is 2.25. The van der Waals surface area contributed by atoms with E-state index in [0.29, 0.717) is 12.1 Å². The highest BCUT2D eigenvalue weighted by Crippen LogP contribution is 2.21. The third-order valence-electron chi connectivity index (χ3n) is 2.63. The minimum Gasteiger partial charge on any atom is -0.310 e. The van der Waals surface area contributed by atoms with Crippen molar-refractivity contribution >= 4 is 0 Å². The average molecular weight is 256 g/mol. The highest BCUT2D eigenvalue weighted by molar-refractivity contribution is 5.32. The molecule has 98 valence electrons. The molecule has 0 saturated heterocycles. The molecule has 0 aliphatic heterocycles. The first-order valence-electron chi connectivity index (χ1n) is 5.72. The normalized spacial score (nSPS) is 13.1. The molecule has 5 heteroatoms. The van der Waals surface area contributed by atoms with Crippen LogP contribution < -0.4 is 5.32 Å². The van der Waals surface area contributed by atoms with Crippen molar-refractivity contribution in [1.82, 2.24) is 5.32 Å². The van der Waals surface area contributed by atoms with Gasteiger partial charge < -0.3 is 5.32 Å². The van der Waals surface area contributed by atoms with Gasteiger partial charge in [0.25, 0.3) is 0 Å². The molecule has 0 bridgehead atoms. The molecule has 0 spiro atoms. The predicted molar refractivity (Wildman–Crippen MR) is 62.9 cm³/mol. The highest BCUT2D eigenvalue weighted by atomic mass is 19.4. The summed E-state index contributed by atoms with van der Waals surface area (Å²) >= 11 is 0. The second-order valence-electron chi connectivity index (χ2n) is 4.13. The first-order valence-corrected chi connectivity index (χ1v) is 5.72. The van der Waals surface area contributed by atoms with E-state index >= 15 is 0 Å². The number of benzene rings is 1. The van der Waals surface area contributed by atoms with Crippen molar-refractivity contribution in [1.29, 1.82) is 5.26 Å². The van der Waals surface area contributed by atoms with E-state index in [1.807, 2.05) is 13.0 Å². The molecule has 0 aromatic heterocycles. The molecule has 0 aliphatic carbocycles. The summed E-state index contributed by atoms with van der Waals surface area (Å²) in [5.41, 5.74) is 1.53. The molecule has 0 aliphatic rings. The monoisotopic (exact) mass is 256 g/mol. The molecule has 1 atom stereocenters. The Kier molecular flexibility index (Phi) is 5.17. The largest absolute Gasteiger partial charge is 0.389 e. The van der Waals surface area contributed by atoms with E-state index in [1.165, 1.54) is 0 Å². The third-order valence-corrected chi connectivity index (χ3v) is 2.63. The van der Waals surface area contributed by atoms with Crippen LogP contribution >= 0.6 is 0 Å². The van der Waals surface area contributed by atoms with E-state index in [-0.39, 0.29) is 12.5 Å². The van der Waals surface area contributed by atoms with Crippen LogP contribution in [0.3, 0.4) is 0 Å². The van der Waals surface area contributed by atoms with Crippen LogP contribution in [0.1, 0.15) is 36.9 Å². The summed E-state index contributed by atoms with van der Waals surface area (Å²) in [6.07, 6.45) is -4.77. The van der Waals surface area contributed by atoms with Crippen molar-refractivity contribution in [3.05, 3.63) is 35.4 Å². The molecule has 0 heterocycles. The van der Waals surface area contributed by atoms with E-state index < -0.39 is 12.6 Å². The number of nitriles is 1. The van der Waals surface area contributed by atoms with Gasteiger partial charge in [0.1, 0.15) is 0 Å². The van der Waals surface area contributed by atoms with Gasteiger partial charge in [0.15, 0.2) is 0 Å². The summed E-state index contributed by atoms with van der Waals surface area (Å²) in [6.45, 7) is 2.20. The summed E-state index contributed by atoms with van der Waals surface area (Å²) < 4.78 is 35.8. The van der Waals surface area contributed by atoms with Gasteiger partial charge in [-0.2, -0.15) is 18.4 Å². The molecule has 1 rings (SSSR count). The minimum absolute atomic E-state index is 0.0222. The quantitative estimate of drug-likeness (QED) is 0.818. The van der Waals surface area contributed by atoms with E-state index in [0.717, 1.165) is 5.56 Å². The van der Waals surface area contributed by atoms with E-state index in [1.54, 1.807) is 24.3 Å². The number of hydrogen-bond acceptors (Lipinski definition) is 2. The Balaban J connectivity index is 2.36. The average Bonchev–Trinajstić information content (AvgIpc) is 2.33. The Bertz CT molecular complexity index is 404. The van der Waals surface area contributed by atoms with E-state index in [4.69, 9.17) is 5.26 Å². The van der Waals surface area contributed by atoms with Crippen LogP contribution in [0.4, 0.5) is 13.2 Å². The van der Waals surface area contributed by atoms with Crippen LogP contribution in [0, 0.1) is 11.3 Å². The van der Waals surface area contributed by atoms with Crippen LogP contribution in [-0.4, -0.2) is 12.7 Å². The second kappa shape index (κ2) is 6.41. The predicted octanol–water partition coefficient (Wildman–Crippen LogP) is 3.55. The van der Waals surface area contributed by atoms with Crippen molar-refractivity contribution in [2.24, 2.45) is 0 Å². The molecule has 0 saturated carbocycles. The zero-order chi connectivity index (χ0) is 13.6. The van der Waals surface area contributed by atoms with E-state index in [9.17, 15) is 13.2 Å². The molecule has 0 radical (unpaired) electrons. The fourth-order valence-corrected chi connectivity index (χ4v) is 1.57. The van der Waals surface area contributed by atoms with Crippen molar-refractivity contribution in [2.45, 2.75) is 32.0 Å². The van der Waals surface area contributed by atoms with Gasteiger partial charge in [-0.05, 0) is 37.6 Å². The number of nitrogens with zero attached hydrogens (tertiary/aromatic N) is 1. The fraction of sp³-hybridized carbons (Fsp3) is 0.462. The number of nitrogens with one attached hydrogen (secondary N) is 1. The van der Waals surface area contributed by atoms with Crippen molar-refractivity contribution in [3.63, 3.8) is 0 Å². The SMILES string of the molecule is CC(NCCCC(F)(F)F)c1ccc(C#N)cc1. The third kappa shape index (κ3) is 5.19. The summed E-state index contributed by atoms with van der Waals surface area (Å²) in [7, 11) is 0. The molecule has 1 N–H and O–H groups in total. The van der Waals surface area contributed by atoms with Gasteiger partial charge in [0.2, 0.25) is 0 Å². The molecular formula is C13H15F3N2. The van der Waals surface area contributed by atoms with Gasteiger partial charge in [-0.3, -0.25) is 0 Å². The van der Waals surface area contributed by atoms with Crippen molar-refractivity contribution < 1.29 is 13.2 Å². The van der Waals surface area contributed by atoms with Gasteiger partial charge in [-0.1, -0.05) is 12.1 Å². The first-order chi connectivity index (χ1) is 8.42. The zero-order valence-corrected chi connectivity index (χ0v) is 10.1. The van der Waals surface area contributed by atoms with Crippen LogP contribution in [-0.2, 0) is 0 Å². The first kappa shape index (κ1) is 14.5. The fourth-order valence-electron chi connectivity index (χ4n) is 1.57. The second-order valence-corrected chi connectivity index (χ2v) is 4.13. The Hall–Kier alpha value is -1.54. The summed E-state index contributed by atoms with van der Waals surface area (Å²) in [4.78, 5) is 0. The van der Waals surface area contributed by atoms with Crippen molar-refractivity contribution in [2.75, 3.05) is 6.54 Å². The lowest BCUT2D eigenvalue weighted by Gasteiger charge is -2.14. The maximum Gasteiger partial charge on any atom is 0.389 e. The lowest BCUT2D eigenvalue weighted by Crippen LogP contribution is -2.21. The Morgan fingerprint density at radius 3 is 2.39 bits per heavy atom. The lowest BCUT2D eigenvalue weighted by atomic mass is 10.1. The van der Waals surface area contributed by atoms with Crippen molar-refractivity contribution in [3.8, 4) is 6.07 Å². The van der Waals surface area contributed by atoms with E-state index in [2.05, 4.69) is 5.32 Å². The Morgan fingerprint density at radius 1 is 1.28 bits per heavy atom. The molecule has 1 aromatic carbocycles. The van der Waals surface area contributed by atoms with Gasteiger partial charge in [0.05, 0.1) is 11.6 Å². The van der Waals surface area contributed by atoms with Gasteiger partial charge in [0, 0.05) is 12.5 Å². The topological polar surface area (TPSA) is 35.8 Å². The number of alkyl halides is 3. The summed E-state index contributed by atoms with van der Waals surface area (Å²) in [5.74, 6) is 0. The maximum atomic E-state index is 11.9. The standard InChI is InChI=1S/C13H15F3N2/c1-10(18-8-2-7-13(14,15)16)12-5-3-11(9-17)4-6-12/h3-6,10,18H,2,7-8H2,1H3. The van der Waals surface area contributed by atoms with Crippen LogP contribution in [0.25, 0.3) is 0 Å². The molecule has 0 fully saturated rings. The molecule has 1 aromatic rings. The smallest absolute Gasteiger partial charge is 0.310 e. The Morgan fingerprint density at radius 2 is 1.89 bits per heavy atom. The van der Waals surface area contributed by atoms with Crippen LogP contribution in [0.2, 0.25) is 0 Å².